The molecule has 4 heterocycles. The lowest BCUT2D eigenvalue weighted by Crippen LogP contribution is -2.13. The molecule has 4 aromatic rings. The summed E-state index contributed by atoms with van der Waals surface area (Å²) >= 11 is 0. The number of aromatic nitrogens is 3. The SMILES string of the molecule is COC(=O)c1cc(-c2cc3ccccc3o2)nc2c1c(C)nn2[C@@H]1CCS(=O)(=O)C1. The van der Waals surface area contributed by atoms with Gasteiger partial charge in [-0.3, -0.25) is 0 Å². The van der Waals surface area contributed by atoms with Gasteiger partial charge in [0.05, 0.1) is 41.3 Å². The number of benzene rings is 1. The number of methoxy groups -OCH3 is 1. The van der Waals surface area contributed by atoms with Crippen molar-refractivity contribution >= 4 is 37.8 Å². The molecule has 1 fully saturated rings. The smallest absolute Gasteiger partial charge is 0.338 e. The molecule has 154 valence electrons. The van der Waals surface area contributed by atoms with Crippen molar-refractivity contribution in [2.45, 2.75) is 19.4 Å². The van der Waals surface area contributed by atoms with Gasteiger partial charge in [0.2, 0.25) is 0 Å². The Kier molecular flexibility index (Phi) is 4.18. The minimum absolute atomic E-state index is 0.00726. The molecule has 0 amide bonds. The van der Waals surface area contributed by atoms with Gasteiger partial charge in [0.1, 0.15) is 11.3 Å². The number of aryl methyl sites for hydroxylation is 1. The molecule has 30 heavy (non-hydrogen) atoms. The zero-order chi connectivity index (χ0) is 21.0. The molecule has 0 bridgehead atoms. The summed E-state index contributed by atoms with van der Waals surface area (Å²) in [6, 6.07) is 10.8. The fourth-order valence-electron chi connectivity index (χ4n) is 4.04. The van der Waals surface area contributed by atoms with Crippen molar-refractivity contribution in [3.8, 4) is 11.5 Å². The molecular formula is C21H19N3O5S. The first-order valence-corrected chi connectivity index (χ1v) is 11.4. The van der Waals surface area contributed by atoms with E-state index < -0.39 is 15.8 Å². The summed E-state index contributed by atoms with van der Waals surface area (Å²) in [5, 5.41) is 6.02. The van der Waals surface area contributed by atoms with Gasteiger partial charge in [-0.15, -0.1) is 0 Å². The third kappa shape index (κ3) is 2.97. The molecule has 1 saturated heterocycles. The quantitative estimate of drug-likeness (QED) is 0.464. The van der Waals surface area contributed by atoms with Crippen molar-refractivity contribution < 1.29 is 22.4 Å². The van der Waals surface area contributed by atoms with E-state index in [4.69, 9.17) is 14.1 Å². The lowest BCUT2D eigenvalue weighted by molar-refractivity contribution is 0.0603. The number of pyridine rings is 1. The van der Waals surface area contributed by atoms with Crippen molar-refractivity contribution in [3.63, 3.8) is 0 Å². The van der Waals surface area contributed by atoms with E-state index in [0.29, 0.717) is 45.7 Å². The van der Waals surface area contributed by atoms with E-state index in [-0.39, 0.29) is 17.5 Å². The molecule has 1 atom stereocenters. The zero-order valence-corrected chi connectivity index (χ0v) is 17.3. The number of para-hydroxylation sites is 1. The first kappa shape index (κ1) is 18.8. The lowest BCUT2D eigenvalue weighted by Gasteiger charge is -2.11. The van der Waals surface area contributed by atoms with E-state index in [9.17, 15) is 13.2 Å². The Morgan fingerprint density at radius 2 is 2.07 bits per heavy atom. The normalized spacial score (nSPS) is 18.3. The topological polar surface area (TPSA) is 104 Å². The maximum absolute atomic E-state index is 12.6. The highest BCUT2D eigenvalue weighted by Gasteiger charge is 2.32. The van der Waals surface area contributed by atoms with Crippen LogP contribution in [-0.2, 0) is 14.6 Å². The van der Waals surface area contributed by atoms with Crippen LogP contribution < -0.4 is 0 Å². The number of furan rings is 1. The molecule has 5 rings (SSSR count). The van der Waals surface area contributed by atoms with Crippen LogP contribution in [0, 0.1) is 6.92 Å². The van der Waals surface area contributed by atoms with Crippen molar-refractivity contribution in [2.24, 2.45) is 0 Å². The number of carbonyl (C=O) groups is 1. The second kappa shape index (κ2) is 6.66. The van der Waals surface area contributed by atoms with E-state index in [1.54, 1.807) is 17.7 Å². The van der Waals surface area contributed by atoms with Gasteiger partial charge in [0.15, 0.2) is 21.2 Å². The fourth-order valence-corrected chi connectivity index (χ4v) is 5.73. The van der Waals surface area contributed by atoms with Gasteiger partial charge in [-0.25, -0.2) is 22.9 Å². The number of nitrogens with zero attached hydrogens (tertiary/aromatic N) is 3. The Bertz CT molecular complexity index is 1380. The zero-order valence-electron chi connectivity index (χ0n) is 16.5. The lowest BCUT2D eigenvalue weighted by atomic mass is 10.1. The third-order valence-electron chi connectivity index (χ3n) is 5.47. The molecule has 9 heteroatoms. The van der Waals surface area contributed by atoms with Gasteiger partial charge in [0, 0.05) is 5.39 Å². The summed E-state index contributed by atoms with van der Waals surface area (Å²) in [5.74, 6) is 0.118. The first-order valence-electron chi connectivity index (χ1n) is 9.54. The fraction of sp³-hybridized carbons (Fsp3) is 0.286. The number of ether oxygens (including phenoxy) is 1. The van der Waals surface area contributed by atoms with E-state index in [1.165, 1.54) is 7.11 Å². The molecule has 3 aromatic heterocycles. The van der Waals surface area contributed by atoms with Crippen LogP contribution in [-0.4, -0.2) is 47.8 Å². The summed E-state index contributed by atoms with van der Waals surface area (Å²) < 4.78 is 36.6. The van der Waals surface area contributed by atoms with Gasteiger partial charge in [-0.05, 0) is 31.5 Å². The Hall–Kier alpha value is -3.20. The predicted octanol–water partition coefficient (Wildman–Crippen LogP) is 3.30. The average Bonchev–Trinajstić information content (AvgIpc) is 3.41. The number of esters is 1. The summed E-state index contributed by atoms with van der Waals surface area (Å²) in [7, 11) is -1.79. The van der Waals surface area contributed by atoms with Crippen LogP contribution in [0.15, 0.2) is 40.8 Å². The van der Waals surface area contributed by atoms with E-state index in [1.807, 2.05) is 30.3 Å². The van der Waals surface area contributed by atoms with Crippen LogP contribution in [0.1, 0.15) is 28.5 Å². The number of hydrogen-bond acceptors (Lipinski definition) is 7. The maximum atomic E-state index is 12.6. The van der Waals surface area contributed by atoms with E-state index in [0.717, 1.165) is 5.39 Å². The molecule has 0 spiro atoms. The minimum Gasteiger partial charge on any atom is -0.465 e. The Balaban J connectivity index is 1.76. The van der Waals surface area contributed by atoms with Crippen molar-refractivity contribution in [2.75, 3.05) is 18.6 Å². The third-order valence-corrected chi connectivity index (χ3v) is 7.22. The molecule has 8 nitrogen and oxygen atoms in total. The molecule has 0 aliphatic carbocycles. The number of rotatable bonds is 3. The Morgan fingerprint density at radius 1 is 1.27 bits per heavy atom. The molecular weight excluding hydrogens is 406 g/mol. The average molecular weight is 425 g/mol. The molecule has 1 aliphatic heterocycles. The Labute approximate surface area is 172 Å². The van der Waals surface area contributed by atoms with Crippen LogP contribution >= 0.6 is 0 Å². The van der Waals surface area contributed by atoms with Crippen molar-refractivity contribution in [1.29, 1.82) is 0 Å². The van der Waals surface area contributed by atoms with Crippen LogP contribution in [0.3, 0.4) is 0 Å². The van der Waals surface area contributed by atoms with Crippen molar-refractivity contribution in [3.05, 3.63) is 47.7 Å². The molecule has 0 saturated carbocycles. The highest BCUT2D eigenvalue weighted by Crippen LogP contribution is 2.34. The molecule has 0 radical (unpaired) electrons. The summed E-state index contributed by atoms with van der Waals surface area (Å²) in [5.41, 5.74) is 2.54. The summed E-state index contributed by atoms with van der Waals surface area (Å²) in [4.78, 5) is 17.3. The van der Waals surface area contributed by atoms with Gasteiger partial charge in [0.25, 0.3) is 0 Å². The van der Waals surface area contributed by atoms with Gasteiger partial charge in [-0.1, -0.05) is 18.2 Å². The summed E-state index contributed by atoms with van der Waals surface area (Å²) in [6.07, 6.45) is 0.461. The molecule has 1 aromatic carbocycles. The number of hydrogen-bond donors (Lipinski definition) is 0. The first-order chi connectivity index (χ1) is 14.4. The van der Waals surface area contributed by atoms with Crippen LogP contribution in [0.5, 0.6) is 0 Å². The van der Waals surface area contributed by atoms with Gasteiger partial charge >= 0.3 is 5.97 Å². The van der Waals surface area contributed by atoms with Gasteiger partial charge in [-0.2, -0.15) is 5.10 Å². The second-order valence-corrected chi connectivity index (χ2v) is 9.71. The molecule has 0 unspecified atom stereocenters. The highest BCUT2D eigenvalue weighted by atomic mass is 32.2. The molecule has 0 N–H and O–H groups in total. The van der Waals surface area contributed by atoms with E-state index in [2.05, 4.69) is 5.10 Å². The van der Waals surface area contributed by atoms with Crippen LogP contribution in [0.4, 0.5) is 0 Å². The number of carbonyl (C=O) groups excluding carboxylic acids is 1. The largest absolute Gasteiger partial charge is 0.465 e. The predicted molar refractivity (Wildman–Crippen MR) is 111 cm³/mol. The minimum atomic E-state index is -3.11. The van der Waals surface area contributed by atoms with Gasteiger partial charge < -0.3 is 9.15 Å². The summed E-state index contributed by atoms with van der Waals surface area (Å²) in [6.45, 7) is 1.78. The van der Waals surface area contributed by atoms with Crippen LogP contribution in [0.2, 0.25) is 0 Å². The number of sulfone groups is 1. The standard InChI is InChI=1S/C21H19N3O5S/c1-12-19-15(21(25)28-2)10-16(18-9-13-5-3-4-6-17(13)29-18)22-20(19)24(23-12)14-7-8-30(26,27)11-14/h3-6,9-10,14H,7-8,11H2,1-2H3/t14-/m1/s1. The maximum Gasteiger partial charge on any atom is 0.338 e. The number of fused-ring (bicyclic) bond motifs is 2. The second-order valence-electron chi connectivity index (χ2n) is 7.48. The highest BCUT2D eigenvalue weighted by molar-refractivity contribution is 7.91. The van der Waals surface area contributed by atoms with Crippen LogP contribution in [0.25, 0.3) is 33.5 Å². The Morgan fingerprint density at radius 3 is 2.77 bits per heavy atom. The van der Waals surface area contributed by atoms with Crippen molar-refractivity contribution in [1.82, 2.24) is 14.8 Å². The van der Waals surface area contributed by atoms with E-state index >= 15 is 0 Å². The molecule has 1 aliphatic rings. The monoisotopic (exact) mass is 425 g/mol.